The average Bonchev–Trinajstić information content (AvgIpc) is 3.25. The van der Waals surface area contributed by atoms with Crippen molar-refractivity contribution < 1.29 is 9.90 Å². The molecule has 1 fully saturated rings. The van der Waals surface area contributed by atoms with E-state index in [-0.39, 0.29) is 18.0 Å². The van der Waals surface area contributed by atoms with Crippen LogP contribution in [-0.2, 0) is 0 Å². The third-order valence-electron chi connectivity index (χ3n) is 4.58. The minimum absolute atomic E-state index is 0.163. The number of amides is 1. The lowest BCUT2D eigenvalue weighted by Crippen LogP contribution is -2.56. The maximum Gasteiger partial charge on any atom is 0.272 e. The third-order valence-corrected chi connectivity index (χ3v) is 4.58. The van der Waals surface area contributed by atoms with E-state index in [1.165, 1.54) is 0 Å². The number of carbonyl (C=O) groups is 1. The Hall–Kier alpha value is -2.93. The van der Waals surface area contributed by atoms with E-state index in [0.29, 0.717) is 12.1 Å². The van der Waals surface area contributed by atoms with Gasteiger partial charge in [0.1, 0.15) is 0 Å². The normalized spacial score (nSPS) is 22.4. The van der Waals surface area contributed by atoms with Crippen LogP contribution in [0.2, 0.25) is 0 Å². The van der Waals surface area contributed by atoms with Gasteiger partial charge >= 0.3 is 0 Å². The number of para-hydroxylation sites is 1. The molecule has 0 aliphatic heterocycles. The molecule has 4 rings (SSSR count). The van der Waals surface area contributed by atoms with Gasteiger partial charge < -0.3 is 10.4 Å². The van der Waals surface area contributed by atoms with E-state index in [1.54, 1.807) is 27.8 Å². The van der Waals surface area contributed by atoms with Crippen LogP contribution in [0, 0.1) is 6.92 Å². The zero-order chi connectivity index (χ0) is 17.4. The molecule has 0 radical (unpaired) electrons. The fourth-order valence-electron chi connectivity index (χ4n) is 3.21. The summed E-state index contributed by atoms with van der Waals surface area (Å²) in [6.07, 6.45) is 5.30. The highest BCUT2D eigenvalue weighted by molar-refractivity contribution is 5.94. The molecule has 1 aromatic carbocycles. The molecule has 7 heteroatoms. The number of aliphatic hydroxyl groups excluding tert-OH is 1. The van der Waals surface area contributed by atoms with Gasteiger partial charge in [0.15, 0.2) is 5.69 Å². The number of benzene rings is 1. The molecule has 3 aromatic rings. The first-order valence-electron chi connectivity index (χ1n) is 8.23. The molecule has 2 heterocycles. The number of hydrogen-bond acceptors (Lipinski definition) is 4. The number of rotatable bonds is 4. The fourth-order valence-corrected chi connectivity index (χ4v) is 3.21. The molecule has 2 N–H and O–H groups in total. The van der Waals surface area contributed by atoms with Gasteiger partial charge in [-0.2, -0.15) is 10.2 Å². The summed E-state index contributed by atoms with van der Waals surface area (Å²) >= 11 is 0. The third kappa shape index (κ3) is 2.83. The molecule has 0 bridgehead atoms. The molecule has 2 aromatic heterocycles. The minimum Gasteiger partial charge on any atom is -0.391 e. The summed E-state index contributed by atoms with van der Waals surface area (Å²) < 4.78 is 3.39. The predicted octanol–water partition coefficient (Wildman–Crippen LogP) is 1.48. The zero-order valence-corrected chi connectivity index (χ0v) is 13.8. The summed E-state index contributed by atoms with van der Waals surface area (Å²) in [6.45, 7) is 1.86. The van der Waals surface area contributed by atoms with Crippen LogP contribution >= 0.6 is 0 Å². The van der Waals surface area contributed by atoms with Crippen molar-refractivity contribution in [3.05, 3.63) is 66.2 Å². The van der Waals surface area contributed by atoms with Gasteiger partial charge in [-0.15, -0.1) is 0 Å². The number of carbonyl (C=O) groups excluding carboxylic acids is 1. The molecule has 25 heavy (non-hydrogen) atoms. The number of aliphatic hydroxyl groups is 1. The van der Waals surface area contributed by atoms with Crippen molar-refractivity contribution in [1.82, 2.24) is 24.9 Å². The standard InChI is InChI=1S/C18H19N5O2/c1-12-11-23(13-6-3-2-4-7-13)21-16(12)18(25)20-14-10-15(24)17(14)22-9-5-8-19-22/h2-9,11,14-15,17,24H,10H2,1H3,(H,20,25)/t14-,15+,17+/m0/s1. The Balaban J connectivity index is 1.51. The lowest BCUT2D eigenvalue weighted by Gasteiger charge is -2.41. The minimum atomic E-state index is -0.506. The highest BCUT2D eigenvalue weighted by atomic mass is 16.3. The summed E-state index contributed by atoms with van der Waals surface area (Å²) in [5.41, 5.74) is 2.10. The molecule has 1 aliphatic rings. The molecule has 128 valence electrons. The molecule has 1 aliphatic carbocycles. The van der Waals surface area contributed by atoms with Gasteiger partial charge in [-0.3, -0.25) is 9.48 Å². The summed E-state index contributed by atoms with van der Waals surface area (Å²) in [6, 6.07) is 11.1. The molecule has 0 saturated heterocycles. The van der Waals surface area contributed by atoms with Gasteiger partial charge in [0.25, 0.3) is 5.91 Å². The monoisotopic (exact) mass is 337 g/mol. The highest BCUT2D eigenvalue weighted by Crippen LogP contribution is 2.32. The maximum absolute atomic E-state index is 12.6. The Morgan fingerprint density at radius 1 is 1.28 bits per heavy atom. The Kier molecular flexibility index (Phi) is 3.85. The van der Waals surface area contributed by atoms with Crippen molar-refractivity contribution in [3.8, 4) is 5.69 Å². The zero-order valence-electron chi connectivity index (χ0n) is 13.8. The lowest BCUT2D eigenvalue weighted by molar-refractivity contribution is -0.00596. The van der Waals surface area contributed by atoms with Gasteiger partial charge in [-0.05, 0) is 31.5 Å². The lowest BCUT2D eigenvalue weighted by atomic mass is 9.83. The van der Waals surface area contributed by atoms with Crippen molar-refractivity contribution in [2.75, 3.05) is 0 Å². The van der Waals surface area contributed by atoms with Crippen LogP contribution in [0.15, 0.2) is 55.0 Å². The van der Waals surface area contributed by atoms with Crippen molar-refractivity contribution in [2.45, 2.75) is 31.5 Å². The Labute approximate surface area is 144 Å². The number of aryl methyl sites for hydroxylation is 1. The van der Waals surface area contributed by atoms with E-state index in [1.807, 2.05) is 43.5 Å². The first-order valence-corrected chi connectivity index (χ1v) is 8.23. The van der Waals surface area contributed by atoms with E-state index in [4.69, 9.17) is 0 Å². The molecule has 1 amide bonds. The molecular formula is C18H19N5O2. The van der Waals surface area contributed by atoms with E-state index in [9.17, 15) is 9.90 Å². The van der Waals surface area contributed by atoms with Crippen molar-refractivity contribution >= 4 is 5.91 Å². The summed E-state index contributed by atoms with van der Waals surface area (Å²) in [5, 5.41) is 21.6. The molecule has 0 unspecified atom stereocenters. The van der Waals surface area contributed by atoms with Crippen LogP contribution in [0.4, 0.5) is 0 Å². The topological polar surface area (TPSA) is 85.0 Å². The molecule has 3 atom stereocenters. The molecule has 0 spiro atoms. The van der Waals surface area contributed by atoms with Crippen LogP contribution < -0.4 is 5.32 Å². The fraction of sp³-hybridized carbons (Fsp3) is 0.278. The average molecular weight is 337 g/mol. The molecule has 7 nitrogen and oxygen atoms in total. The van der Waals surface area contributed by atoms with Crippen molar-refractivity contribution in [3.63, 3.8) is 0 Å². The van der Waals surface area contributed by atoms with Gasteiger partial charge in [0, 0.05) is 24.2 Å². The smallest absolute Gasteiger partial charge is 0.272 e. The number of hydrogen-bond donors (Lipinski definition) is 2. The van der Waals surface area contributed by atoms with Crippen molar-refractivity contribution in [1.29, 1.82) is 0 Å². The summed E-state index contributed by atoms with van der Waals surface area (Å²) in [4.78, 5) is 12.6. The van der Waals surface area contributed by atoms with Crippen molar-refractivity contribution in [2.24, 2.45) is 0 Å². The highest BCUT2D eigenvalue weighted by Gasteiger charge is 2.43. The van der Waals surface area contributed by atoms with Crippen LogP contribution in [0.25, 0.3) is 5.69 Å². The quantitative estimate of drug-likeness (QED) is 0.755. The van der Waals surface area contributed by atoms with E-state index >= 15 is 0 Å². The second-order valence-electron chi connectivity index (χ2n) is 6.30. The summed E-state index contributed by atoms with van der Waals surface area (Å²) in [7, 11) is 0. The second kappa shape index (κ2) is 6.18. The van der Waals surface area contributed by atoms with E-state index < -0.39 is 6.10 Å². The molecule has 1 saturated carbocycles. The first-order chi connectivity index (χ1) is 12.1. The largest absolute Gasteiger partial charge is 0.391 e. The SMILES string of the molecule is Cc1cn(-c2ccccc2)nc1C(=O)N[C@H]1C[C@@H](O)[C@@H]1n1cccn1. The van der Waals surface area contributed by atoms with Crippen LogP contribution in [0.5, 0.6) is 0 Å². The van der Waals surface area contributed by atoms with E-state index in [2.05, 4.69) is 15.5 Å². The number of aromatic nitrogens is 4. The predicted molar refractivity (Wildman–Crippen MR) is 91.4 cm³/mol. The number of nitrogens with one attached hydrogen (secondary N) is 1. The molecular weight excluding hydrogens is 318 g/mol. The maximum atomic E-state index is 12.6. The Morgan fingerprint density at radius 3 is 2.76 bits per heavy atom. The summed E-state index contributed by atoms with van der Waals surface area (Å²) in [5.74, 6) is -0.235. The van der Waals surface area contributed by atoms with Crippen LogP contribution in [0.1, 0.15) is 28.5 Å². The Morgan fingerprint density at radius 2 is 2.08 bits per heavy atom. The first kappa shape index (κ1) is 15.6. The van der Waals surface area contributed by atoms with E-state index in [0.717, 1.165) is 11.3 Å². The number of nitrogens with zero attached hydrogens (tertiary/aromatic N) is 4. The van der Waals surface area contributed by atoms with Crippen LogP contribution in [-0.4, -0.2) is 42.7 Å². The van der Waals surface area contributed by atoms with Crippen LogP contribution in [0.3, 0.4) is 0 Å². The second-order valence-corrected chi connectivity index (χ2v) is 6.30. The van der Waals surface area contributed by atoms with Gasteiger partial charge in [0.05, 0.1) is 23.9 Å². The van der Waals surface area contributed by atoms with Gasteiger partial charge in [0.2, 0.25) is 0 Å². The van der Waals surface area contributed by atoms with Gasteiger partial charge in [-0.25, -0.2) is 4.68 Å². The Bertz CT molecular complexity index is 872. The van der Waals surface area contributed by atoms with Gasteiger partial charge in [-0.1, -0.05) is 18.2 Å².